The summed E-state index contributed by atoms with van der Waals surface area (Å²) in [5.74, 6) is 1.07. The van der Waals surface area contributed by atoms with E-state index in [4.69, 9.17) is 0 Å². The molecule has 0 amide bonds. The third-order valence-corrected chi connectivity index (χ3v) is 4.77. The molecule has 1 N–H and O–H groups in total. The number of imidazole rings is 1. The van der Waals surface area contributed by atoms with Crippen LogP contribution in [0, 0.1) is 0 Å². The number of carbonyl (C=O) groups is 1. The number of rotatable bonds is 2. The molecule has 1 saturated carbocycles. The van der Waals surface area contributed by atoms with Gasteiger partial charge in [-0.3, -0.25) is 9.20 Å². The van der Waals surface area contributed by atoms with E-state index in [9.17, 15) is 4.79 Å². The van der Waals surface area contributed by atoms with E-state index in [1.165, 1.54) is 0 Å². The van der Waals surface area contributed by atoms with E-state index in [1.807, 2.05) is 28.7 Å². The van der Waals surface area contributed by atoms with Gasteiger partial charge in [0.1, 0.15) is 5.78 Å². The SMILES string of the molecule is O=C1CCC[C@H]1Sc1n[nH]c2nc3ccccc3n12. The van der Waals surface area contributed by atoms with Crippen molar-refractivity contribution in [3.05, 3.63) is 24.3 Å². The van der Waals surface area contributed by atoms with Crippen LogP contribution in [0.15, 0.2) is 29.4 Å². The van der Waals surface area contributed by atoms with Gasteiger partial charge in [0.05, 0.1) is 16.3 Å². The number of para-hydroxylation sites is 2. The highest BCUT2D eigenvalue weighted by Crippen LogP contribution is 2.32. The molecule has 96 valence electrons. The highest BCUT2D eigenvalue weighted by atomic mass is 32.2. The van der Waals surface area contributed by atoms with Crippen molar-refractivity contribution < 1.29 is 4.79 Å². The lowest BCUT2D eigenvalue weighted by atomic mass is 10.3. The van der Waals surface area contributed by atoms with Gasteiger partial charge in [0.25, 0.3) is 0 Å². The Labute approximate surface area is 113 Å². The van der Waals surface area contributed by atoms with Crippen LogP contribution in [0.25, 0.3) is 16.8 Å². The first-order chi connectivity index (χ1) is 9.33. The second kappa shape index (κ2) is 4.09. The van der Waals surface area contributed by atoms with Crippen molar-refractivity contribution >= 4 is 34.4 Å². The van der Waals surface area contributed by atoms with Crippen molar-refractivity contribution in [3.8, 4) is 0 Å². The van der Waals surface area contributed by atoms with Gasteiger partial charge >= 0.3 is 0 Å². The summed E-state index contributed by atoms with van der Waals surface area (Å²) < 4.78 is 1.99. The van der Waals surface area contributed by atoms with Gasteiger partial charge in [-0.15, -0.1) is 5.10 Å². The molecule has 1 aliphatic rings. The molecular weight excluding hydrogens is 260 g/mol. The lowest BCUT2D eigenvalue weighted by Gasteiger charge is -2.04. The van der Waals surface area contributed by atoms with Gasteiger partial charge in [-0.05, 0) is 25.0 Å². The number of nitrogens with one attached hydrogen (secondary N) is 1. The zero-order valence-electron chi connectivity index (χ0n) is 10.2. The second-order valence-electron chi connectivity index (χ2n) is 4.73. The predicted molar refractivity (Wildman–Crippen MR) is 73.3 cm³/mol. The van der Waals surface area contributed by atoms with Crippen molar-refractivity contribution in [2.75, 3.05) is 0 Å². The molecular formula is C13H12N4OS. The summed E-state index contributed by atoms with van der Waals surface area (Å²) in [4.78, 5) is 16.2. The topological polar surface area (TPSA) is 63.0 Å². The number of hydrogen-bond acceptors (Lipinski definition) is 4. The number of aromatic nitrogens is 4. The van der Waals surface area contributed by atoms with Crippen molar-refractivity contribution in [1.29, 1.82) is 0 Å². The maximum atomic E-state index is 11.8. The van der Waals surface area contributed by atoms with Crippen LogP contribution in [0.2, 0.25) is 0 Å². The highest BCUT2D eigenvalue weighted by Gasteiger charge is 2.27. The predicted octanol–water partition coefficient (Wildman–Crippen LogP) is 2.42. The molecule has 6 heteroatoms. The zero-order chi connectivity index (χ0) is 12.8. The van der Waals surface area contributed by atoms with E-state index in [0.717, 1.165) is 34.8 Å². The number of carbonyl (C=O) groups excluding carboxylic acids is 1. The lowest BCUT2D eigenvalue weighted by Crippen LogP contribution is -2.08. The first-order valence-electron chi connectivity index (χ1n) is 6.34. The second-order valence-corrected chi connectivity index (χ2v) is 5.90. The molecule has 2 heterocycles. The van der Waals surface area contributed by atoms with Crippen LogP contribution in [0.5, 0.6) is 0 Å². The number of benzene rings is 1. The normalized spacial score (nSPS) is 19.8. The molecule has 3 aromatic rings. The van der Waals surface area contributed by atoms with Crippen LogP contribution >= 0.6 is 11.8 Å². The molecule has 1 aromatic carbocycles. The highest BCUT2D eigenvalue weighted by molar-refractivity contribution is 8.00. The minimum absolute atomic E-state index is 0.0488. The summed E-state index contributed by atoms with van der Waals surface area (Å²) in [6.07, 6.45) is 2.65. The van der Waals surface area contributed by atoms with Crippen molar-refractivity contribution in [2.45, 2.75) is 29.7 Å². The first-order valence-corrected chi connectivity index (χ1v) is 7.22. The average Bonchev–Trinajstić information content (AvgIpc) is 3.07. The summed E-state index contributed by atoms with van der Waals surface area (Å²) in [7, 11) is 0. The molecule has 1 aliphatic carbocycles. The van der Waals surface area contributed by atoms with Gasteiger partial charge in [0.15, 0.2) is 5.16 Å². The Morgan fingerprint density at radius 1 is 1.37 bits per heavy atom. The van der Waals surface area contributed by atoms with Crippen LogP contribution < -0.4 is 0 Å². The van der Waals surface area contributed by atoms with Crippen LogP contribution in [0.1, 0.15) is 19.3 Å². The smallest absolute Gasteiger partial charge is 0.231 e. The molecule has 0 spiro atoms. The van der Waals surface area contributed by atoms with Crippen LogP contribution in [0.4, 0.5) is 0 Å². The number of Topliss-reactive ketones (excluding diaryl/α,β-unsaturated/α-hetero) is 1. The number of H-pyrrole nitrogens is 1. The van der Waals surface area contributed by atoms with Gasteiger partial charge in [-0.2, -0.15) is 0 Å². The molecule has 0 aliphatic heterocycles. The fourth-order valence-corrected chi connectivity index (χ4v) is 3.73. The Morgan fingerprint density at radius 2 is 2.26 bits per heavy atom. The Bertz CT molecular complexity index is 775. The van der Waals surface area contributed by atoms with Crippen LogP contribution in [0.3, 0.4) is 0 Å². The van der Waals surface area contributed by atoms with Gasteiger partial charge in [-0.25, -0.2) is 10.1 Å². The van der Waals surface area contributed by atoms with Gasteiger partial charge in [0.2, 0.25) is 5.78 Å². The van der Waals surface area contributed by atoms with Crippen molar-refractivity contribution in [2.24, 2.45) is 0 Å². The number of aromatic amines is 1. The fraction of sp³-hybridized carbons (Fsp3) is 0.308. The average molecular weight is 272 g/mol. The van der Waals surface area contributed by atoms with Crippen LogP contribution in [-0.4, -0.2) is 30.6 Å². The quantitative estimate of drug-likeness (QED) is 0.778. The summed E-state index contributed by atoms with van der Waals surface area (Å²) in [6.45, 7) is 0. The minimum atomic E-state index is 0.0488. The number of thioether (sulfide) groups is 1. The minimum Gasteiger partial charge on any atom is -0.298 e. The zero-order valence-corrected chi connectivity index (χ0v) is 11.0. The van der Waals surface area contributed by atoms with E-state index < -0.39 is 0 Å². The summed E-state index contributed by atoms with van der Waals surface area (Å²) in [5.41, 5.74) is 1.97. The van der Waals surface area contributed by atoms with E-state index >= 15 is 0 Å². The molecule has 0 unspecified atom stereocenters. The molecule has 0 bridgehead atoms. The third-order valence-electron chi connectivity index (χ3n) is 3.50. The van der Waals surface area contributed by atoms with E-state index in [1.54, 1.807) is 11.8 Å². The summed E-state index contributed by atoms with van der Waals surface area (Å²) in [6, 6.07) is 7.95. The Hall–Kier alpha value is -1.82. The fourth-order valence-electron chi connectivity index (χ4n) is 2.56. The molecule has 19 heavy (non-hydrogen) atoms. The molecule has 1 atom stereocenters. The number of ketones is 1. The number of hydrogen-bond donors (Lipinski definition) is 1. The van der Waals surface area contributed by atoms with Crippen molar-refractivity contribution in [1.82, 2.24) is 19.6 Å². The summed E-state index contributed by atoms with van der Waals surface area (Å²) in [5, 5.41) is 8.10. The largest absolute Gasteiger partial charge is 0.298 e. The lowest BCUT2D eigenvalue weighted by molar-refractivity contribution is -0.116. The summed E-state index contributed by atoms with van der Waals surface area (Å²) >= 11 is 1.55. The van der Waals surface area contributed by atoms with E-state index in [-0.39, 0.29) is 5.25 Å². The molecule has 2 aromatic heterocycles. The van der Waals surface area contributed by atoms with Gasteiger partial charge < -0.3 is 0 Å². The number of nitrogens with zero attached hydrogens (tertiary/aromatic N) is 3. The molecule has 4 rings (SSSR count). The standard InChI is InChI=1S/C13H12N4OS/c18-10-6-3-7-11(10)19-13-16-15-12-14-8-4-1-2-5-9(8)17(12)13/h1-2,4-5,11H,3,6-7H2,(H,14,15)/t11-/m1/s1. The first kappa shape index (κ1) is 11.0. The molecule has 0 saturated heterocycles. The Morgan fingerprint density at radius 3 is 3.11 bits per heavy atom. The van der Waals surface area contributed by atoms with Gasteiger partial charge in [0, 0.05) is 6.42 Å². The maximum Gasteiger partial charge on any atom is 0.231 e. The molecule has 0 radical (unpaired) electrons. The van der Waals surface area contributed by atoms with Crippen molar-refractivity contribution in [3.63, 3.8) is 0 Å². The molecule has 5 nitrogen and oxygen atoms in total. The van der Waals surface area contributed by atoms with Gasteiger partial charge in [-0.1, -0.05) is 23.9 Å². The third kappa shape index (κ3) is 1.67. The Balaban J connectivity index is 1.83. The molecule has 1 fully saturated rings. The number of fused-ring (bicyclic) bond motifs is 3. The Kier molecular flexibility index (Phi) is 2.38. The monoisotopic (exact) mass is 272 g/mol. The van der Waals surface area contributed by atoms with Crippen LogP contribution in [-0.2, 0) is 4.79 Å². The maximum absolute atomic E-state index is 11.8. The van der Waals surface area contributed by atoms with E-state index in [0.29, 0.717) is 12.2 Å². The van der Waals surface area contributed by atoms with E-state index in [2.05, 4.69) is 15.2 Å².